The SMILES string of the molecule is C=CCn1c(SCc2cc(=O)n3c(C)cccc3n2)nc2sc3c(c2c1=O)CCCCC3. The topological polar surface area (TPSA) is 69.3 Å². The molecule has 0 unspecified atom stereocenters. The summed E-state index contributed by atoms with van der Waals surface area (Å²) in [5.74, 6) is 0.458. The van der Waals surface area contributed by atoms with E-state index in [4.69, 9.17) is 4.98 Å². The van der Waals surface area contributed by atoms with Crippen LogP contribution < -0.4 is 11.1 Å². The first-order valence-corrected chi connectivity index (χ1v) is 12.6. The van der Waals surface area contributed by atoms with Crippen LogP contribution in [-0.2, 0) is 25.1 Å². The predicted molar refractivity (Wildman–Crippen MR) is 131 cm³/mol. The van der Waals surface area contributed by atoms with Crippen LogP contribution in [0.25, 0.3) is 15.9 Å². The maximum absolute atomic E-state index is 13.5. The number of allylic oxidation sites excluding steroid dienone is 1. The van der Waals surface area contributed by atoms with E-state index in [-0.39, 0.29) is 11.1 Å². The molecule has 164 valence electrons. The molecule has 0 atom stereocenters. The van der Waals surface area contributed by atoms with Crippen molar-refractivity contribution in [2.24, 2.45) is 0 Å². The molecule has 32 heavy (non-hydrogen) atoms. The number of thioether (sulfide) groups is 1. The maximum atomic E-state index is 13.5. The van der Waals surface area contributed by atoms with Crippen molar-refractivity contribution in [2.75, 3.05) is 0 Å². The molecule has 6 nitrogen and oxygen atoms in total. The standard InChI is InChI=1S/C24H24N4O2S2/c1-3-12-27-23(30)21-17-9-5-4-6-10-18(17)32-22(21)26-24(27)31-14-16-13-20(29)28-15(2)8-7-11-19(28)25-16/h3,7-8,11,13H,1,4-6,9-10,12,14H2,2H3. The minimum atomic E-state index is -0.0995. The fourth-order valence-electron chi connectivity index (χ4n) is 4.37. The highest BCUT2D eigenvalue weighted by molar-refractivity contribution is 7.98. The summed E-state index contributed by atoms with van der Waals surface area (Å²) in [5.41, 5.74) is 3.27. The Hall–Kier alpha value is -2.71. The highest BCUT2D eigenvalue weighted by atomic mass is 32.2. The largest absolute Gasteiger partial charge is 0.283 e. The third-order valence-corrected chi connectivity index (χ3v) is 8.08. The third-order valence-electron chi connectivity index (χ3n) is 5.88. The van der Waals surface area contributed by atoms with Crippen molar-refractivity contribution in [2.45, 2.75) is 56.5 Å². The molecule has 0 N–H and O–H groups in total. The molecule has 8 heteroatoms. The normalized spacial score (nSPS) is 13.9. The van der Waals surface area contributed by atoms with Crippen molar-refractivity contribution in [3.05, 3.63) is 79.5 Å². The quantitative estimate of drug-likeness (QED) is 0.188. The van der Waals surface area contributed by atoms with E-state index < -0.39 is 0 Å². The molecule has 1 aliphatic carbocycles. The van der Waals surface area contributed by atoms with Gasteiger partial charge >= 0.3 is 0 Å². The number of hydrogen-bond acceptors (Lipinski definition) is 6. The van der Waals surface area contributed by atoms with Crippen LogP contribution in [0.3, 0.4) is 0 Å². The fourth-order valence-corrected chi connectivity index (χ4v) is 6.58. The zero-order chi connectivity index (χ0) is 22.2. The summed E-state index contributed by atoms with van der Waals surface area (Å²) in [4.78, 5) is 37.7. The number of pyridine rings is 1. The van der Waals surface area contributed by atoms with Gasteiger partial charge in [0.1, 0.15) is 10.5 Å². The van der Waals surface area contributed by atoms with Gasteiger partial charge in [-0.3, -0.25) is 18.6 Å². The predicted octanol–water partition coefficient (Wildman–Crippen LogP) is 4.52. The van der Waals surface area contributed by atoms with Crippen molar-refractivity contribution < 1.29 is 0 Å². The summed E-state index contributed by atoms with van der Waals surface area (Å²) in [7, 11) is 0. The Morgan fingerprint density at radius 1 is 1.19 bits per heavy atom. The van der Waals surface area contributed by atoms with Crippen LogP contribution in [0.5, 0.6) is 0 Å². The van der Waals surface area contributed by atoms with Gasteiger partial charge in [0.15, 0.2) is 5.16 Å². The average molecular weight is 465 g/mol. The first-order chi connectivity index (χ1) is 15.6. The van der Waals surface area contributed by atoms with Crippen LogP contribution in [0, 0.1) is 6.92 Å². The van der Waals surface area contributed by atoms with Gasteiger partial charge in [0.25, 0.3) is 11.1 Å². The Labute approximate surface area is 193 Å². The van der Waals surface area contributed by atoms with Gasteiger partial charge in [0.05, 0.1) is 11.1 Å². The van der Waals surface area contributed by atoms with Crippen LogP contribution >= 0.6 is 23.1 Å². The molecule has 0 amide bonds. The summed E-state index contributed by atoms with van der Waals surface area (Å²) in [6.45, 7) is 6.12. The van der Waals surface area contributed by atoms with Crippen molar-refractivity contribution in [3.8, 4) is 0 Å². The Bertz CT molecular complexity index is 1470. The van der Waals surface area contributed by atoms with Gasteiger partial charge in [0, 0.05) is 28.9 Å². The van der Waals surface area contributed by atoms with E-state index in [2.05, 4.69) is 11.6 Å². The molecule has 5 rings (SSSR count). The number of aryl methyl sites for hydroxylation is 3. The molecular formula is C24H24N4O2S2. The van der Waals surface area contributed by atoms with E-state index in [0.29, 0.717) is 28.8 Å². The van der Waals surface area contributed by atoms with Gasteiger partial charge in [-0.25, -0.2) is 9.97 Å². The van der Waals surface area contributed by atoms with Crippen molar-refractivity contribution >= 4 is 39.0 Å². The lowest BCUT2D eigenvalue weighted by Crippen LogP contribution is -2.23. The summed E-state index contributed by atoms with van der Waals surface area (Å²) in [6.07, 6.45) is 7.22. The smallest absolute Gasteiger partial charge is 0.263 e. The molecule has 0 spiro atoms. The molecule has 0 fully saturated rings. The molecule has 0 aromatic carbocycles. The van der Waals surface area contributed by atoms with Gasteiger partial charge in [-0.2, -0.15) is 0 Å². The van der Waals surface area contributed by atoms with Crippen LogP contribution in [0.1, 0.15) is 41.1 Å². The van der Waals surface area contributed by atoms with Crippen LogP contribution in [0.15, 0.2) is 51.7 Å². The van der Waals surface area contributed by atoms with E-state index in [1.807, 2.05) is 25.1 Å². The van der Waals surface area contributed by atoms with Crippen molar-refractivity contribution in [1.82, 2.24) is 18.9 Å². The van der Waals surface area contributed by atoms with Crippen molar-refractivity contribution in [1.29, 1.82) is 0 Å². The third kappa shape index (κ3) is 3.71. The number of rotatable bonds is 5. The summed E-state index contributed by atoms with van der Waals surface area (Å²) >= 11 is 3.10. The zero-order valence-corrected chi connectivity index (χ0v) is 19.6. The minimum Gasteiger partial charge on any atom is -0.283 e. The summed E-state index contributed by atoms with van der Waals surface area (Å²) in [5, 5.41) is 1.43. The number of aromatic nitrogens is 4. The molecule has 0 radical (unpaired) electrons. The number of thiophene rings is 1. The first kappa shape index (κ1) is 21.2. The van der Waals surface area contributed by atoms with Crippen LogP contribution in [-0.4, -0.2) is 18.9 Å². The Morgan fingerprint density at radius 2 is 2.03 bits per heavy atom. The molecule has 4 aromatic heterocycles. The first-order valence-electron chi connectivity index (χ1n) is 10.8. The van der Waals surface area contributed by atoms with Gasteiger partial charge in [-0.15, -0.1) is 17.9 Å². The van der Waals surface area contributed by atoms with E-state index in [1.54, 1.807) is 32.4 Å². The molecule has 0 bridgehead atoms. The Morgan fingerprint density at radius 3 is 2.88 bits per heavy atom. The van der Waals surface area contributed by atoms with Crippen LogP contribution in [0.2, 0.25) is 0 Å². The number of hydrogen-bond donors (Lipinski definition) is 0. The lowest BCUT2D eigenvalue weighted by atomic mass is 10.1. The summed E-state index contributed by atoms with van der Waals surface area (Å²) in [6, 6.07) is 7.18. The zero-order valence-electron chi connectivity index (χ0n) is 18.0. The number of fused-ring (bicyclic) bond motifs is 4. The van der Waals surface area contributed by atoms with Gasteiger partial charge in [-0.1, -0.05) is 30.3 Å². The van der Waals surface area contributed by atoms with Gasteiger partial charge in [-0.05, 0) is 50.3 Å². The molecule has 0 aliphatic heterocycles. The second-order valence-corrected chi connectivity index (χ2v) is 10.1. The van der Waals surface area contributed by atoms with Gasteiger partial charge in [0.2, 0.25) is 0 Å². The second kappa shape index (κ2) is 8.67. The molecule has 4 aromatic rings. The second-order valence-electron chi connectivity index (χ2n) is 8.08. The number of nitrogens with zero attached hydrogens (tertiary/aromatic N) is 4. The monoisotopic (exact) mass is 464 g/mol. The highest BCUT2D eigenvalue weighted by Crippen LogP contribution is 2.34. The highest BCUT2D eigenvalue weighted by Gasteiger charge is 2.21. The van der Waals surface area contributed by atoms with Crippen LogP contribution in [0.4, 0.5) is 0 Å². The van der Waals surface area contributed by atoms with Gasteiger partial charge < -0.3 is 0 Å². The molecular weight excluding hydrogens is 440 g/mol. The molecule has 0 saturated heterocycles. The fraction of sp³-hybridized carbons (Fsp3) is 0.333. The van der Waals surface area contributed by atoms with E-state index in [0.717, 1.165) is 35.2 Å². The lowest BCUT2D eigenvalue weighted by molar-refractivity contribution is 0.671. The van der Waals surface area contributed by atoms with Crippen molar-refractivity contribution in [3.63, 3.8) is 0 Å². The van der Waals surface area contributed by atoms with E-state index in [9.17, 15) is 9.59 Å². The molecule has 0 saturated carbocycles. The van der Waals surface area contributed by atoms with E-state index >= 15 is 0 Å². The van der Waals surface area contributed by atoms with E-state index in [1.165, 1.54) is 35.0 Å². The Kier molecular flexibility index (Phi) is 5.73. The molecule has 4 heterocycles. The maximum Gasteiger partial charge on any atom is 0.263 e. The molecule has 1 aliphatic rings. The summed E-state index contributed by atoms with van der Waals surface area (Å²) < 4.78 is 3.31. The average Bonchev–Trinajstić information content (AvgIpc) is 2.95. The Balaban J connectivity index is 1.55. The lowest BCUT2D eigenvalue weighted by Gasteiger charge is -2.11. The minimum absolute atomic E-state index is 0.0129.